The summed E-state index contributed by atoms with van der Waals surface area (Å²) >= 11 is 0. The predicted molar refractivity (Wildman–Crippen MR) is 74.9 cm³/mol. The third kappa shape index (κ3) is 2.61. The maximum Gasteiger partial charge on any atom is 0.278 e. The van der Waals surface area contributed by atoms with Gasteiger partial charge in [-0.2, -0.15) is 5.10 Å². The SMILES string of the molecule is CN(C(=O)c1ccn(C)n1)c1cccc(/C(N)=N/O)c1. The van der Waals surface area contributed by atoms with Gasteiger partial charge >= 0.3 is 0 Å². The first-order chi connectivity index (χ1) is 9.52. The molecule has 0 fully saturated rings. The number of carbonyl (C=O) groups excluding carboxylic acids is 1. The highest BCUT2D eigenvalue weighted by molar-refractivity contribution is 6.05. The van der Waals surface area contributed by atoms with E-state index < -0.39 is 0 Å². The Morgan fingerprint density at radius 1 is 1.45 bits per heavy atom. The van der Waals surface area contributed by atoms with Gasteiger partial charge in [0.25, 0.3) is 5.91 Å². The quantitative estimate of drug-likeness (QED) is 0.374. The molecule has 1 amide bonds. The number of nitrogens with zero attached hydrogens (tertiary/aromatic N) is 4. The molecule has 0 saturated heterocycles. The van der Waals surface area contributed by atoms with Gasteiger partial charge in [-0.15, -0.1) is 0 Å². The molecule has 20 heavy (non-hydrogen) atoms. The molecule has 2 aromatic rings. The third-order valence-electron chi connectivity index (χ3n) is 2.87. The molecular weight excluding hydrogens is 258 g/mol. The number of oxime groups is 1. The van der Waals surface area contributed by atoms with Gasteiger partial charge < -0.3 is 15.8 Å². The first-order valence-electron chi connectivity index (χ1n) is 5.88. The predicted octanol–water partition coefficient (Wildman–Crippen LogP) is 0.791. The summed E-state index contributed by atoms with van der Waals surface area (Å²) in [6.45, 7) is 0. The third-order valence-corrected chi connectivity index (χ3v) is 2.87. The van der Waals surface area contributed by atoms with Crippen molar-refractivity contribution in [2.75, 3.05) is 11.9 Å². The minimum atomic E-state index is -0.234. The molecule has 1 heterocycles. The number of benzene rings is 1. The van der Waals surface area contributed by atoms with E-state index in [1.165, 1.54) is 4.90 Å². The van der Waals surface area contributed by atoms with Gasteiger partial charge in [0.1, 0.15) is 0 Å². The number of carbonyl (C=O) groups is 1. The fraction of sp³-hybridized carbons (Fsp3) is 0.154. The largest absolute Gasteiger partial charge is 0.409 e. The van der Waals surface area contributed by atoms with Crippen molar-refractivity contribution in [3.8, 4) is 0 Å². The first-order valence-corrected chi connectivity index (χ1v) is 5.88. The van der Waals surface area contributed by atoms with Crippen LogP contribution in [0.2, 0.25) is 0 Å². The molecule has 0 aliphatic heterocycles. The van der Waals surface area contributed by atoms with Crippen LogP contribution in [0.3, 0.4) is 0 Å². The molecule has 0 radical (unpaired) electrons. The van der Waals surface area contributed by atoms with Crippen LogP contribution < -0.4 is 10.6 Å². The van der Waals surface area contributed by atoms with Crippen molar-refractivity contribution in [2.24, 2.45) is 17.9 Å². The molecule has 0 atom stereocenters. The van der Waals surface area contributed by atoms with Crippen LogP contribution in [0.25, 0.3) is 0 Å². The summed E-state index contributed by atoms with van der Waals surface area (Å²) in [5.74, 6) is -0.243. The molecule has 0 bridgehead atoms. The lowest BCUT2D eigenvalue weighted by Gasteiger charge is -2.16. The van der Waals surface area contributed by atoms with Gasteiger partial charge in [0.05, 0.1) is 0 Å². The average molecular weight is 273 g/mol. The monoisotopic (exact) mass is 273 g/mol. The van der Waals surface area contributed by atoms with Crippen molar-refractivity contribution in [2.45, 2.75) is 0 Å². The number of hydrogen-bond acceptors (Lipinski definition) is 4. The Bertz CT molecular complexity index is 662. The standard InChI is InChI=1S/C13H15N5O2/c1-17-7-6-11(15-17)13(19)18(2)10-5-3-4-9(8-10)12(14)16-20/h3-8,20H,1-2H3,(H2,14,16). The van der Waals surface area contributed by atoms with E-state index in [0.717, 1.165) is 0 Å². The lowest BCUT2D eigenvalue weighted by molar-refractivity contribution is 0.0987. The lowest BCUT2D eigenvalue weighted by atomic mass is 10.1. The molecule has 0 aliphatic carbocycles. The molecule has 7 heteroatoms. The number of amides is 1. The van der Waals surface area contributed by atoms with Crippen LogP contribution in [0.4, 0.5) is 5.69 Å². The van der Waals surface area contributed by atoms with Crippen LogP contribution in [0.5, 0.6) is 0 Å². The minimum Gasteiger partial charge on any atom is -0.409 e. The van der Waals surface area contributed by atoms with Crippen LogP contribution >= 0.6 is 0 Å². The summed E-state index contributed by atoms with van der Waals surface area (Å²) in [6, 6.07) is 8.49. The number of anilines is 1. The Balaban J connectivity index is 2.29. The highest BCUT2D eigenvalue weighted by Crippen LogP contribution is 2.16. The Morgan fingerprint density at radius 3 is 2.80 bits per heavy atom. The highest BCUT2D eigenvalue weighted by Gasteiger charge is 2.16. The second-order valence-electron chi connectivity index (χ2n) is 4.27. The number of nitrogens with two attached hydrogens (primary N) is 1. The first kappa shape index (κ1) is 13.6. The van der Waals surface area contributed by atoms with Crippen LogP contribution in [0, 0.1) is 0 Å². The molecular formula is C13H15N5O2. The van der Waals surface area contributed by atoms with E-state index in [1.54, 1.807) is 55.3 Å². The van der Waals surface area contributed by atoms with Crippen molar-refractivity contribution >= 4 is 17.4 Å². The van der Waals surface area contributed by atoms with Gasteiger partial charge in [-0.05, 0) is 18.2 Å². The van der Waals surface area contributed by atoms with E-state index in [4.69, 9.17) is 10.9 Å². The maximum absolute atomic E-state index is 12.2. The minimum absolute atomic E-state index is 0.00876. The van der Waals surface area contributed by atoms with Gasteiger partial charge in [-0.3, -0.25) is 9.48 Å². The van der Waals surface area contributed by atoms with Crippen LogP contribution in [-0.4, -0.2) is 33.8 Å². The molecule has 1 aromatic carbocycles. The molecule has 0 aliphatic rings. The lowest BCUT2D eigenvalue weighted by Crippen LogP contribution is -2.27. The summed E-state index contributed by atoms with van der Waals surface area (Å²) in [5, 5.41) is 15.7. The number of aromatic nitrogens is 2. The zero-order valence-electron chi connectivity index (χ0n) is 11.2. The molecule has 104 valence electrons. The zero-order chi connectivity index (χ0) is 14.7. The van der Waals surface area contributed by atoms with Crippen molar-refractivity contribution in [1.82, 2.24) is 9.78 Å². The normalized spacial score (nSPS) is 11.4. The van der Waals surface area contributed by atoms with Crippen molar-refractivity contribution in [3.63, 3.8) is 0 Å². The van der Waals surface area contributed by atoms with Gasteiger partial charge in [-0.25, -0.2) is 0 Å². The summed E-state index contributed by atoms with van der Waals surface area (Å²) < 4.78 is 1.56. The Labute approximate surface area is 115 Å². The zero-order valence-corrected chi connectivity index (χ0v) is 11.2. The number of rotatable bonds is 3. The van der Waals surface area contributed by atoms with Crippen molar-refractivity contribution in [3.05, 3.63) is 47.8 Å². The van der Waals surface area contributed by atoms with Gasteiger partial charge in [0.2, 0.25) is 0 Å². The summed E-state index contributed by atoms with van der Waals surface area (Å²) in [7, 11) is 3.39. The fourth-order valence-corrected chi connectivity index (χ4v) is 1.75. The van der Waals surface area contributed by atoms with E-state index in [-0.39, 0.29) is 11.7 Å². The Hall–Kier alpha value is -2.83. The van der Waals surface area contributed by atoms with E-state index >= 15 is 0 Å². The van der Waals surface area contributed by atoms with E-state index in [0.29, 0.717) is 16.9 Å². The summed E-state index contributed by atoms with van der Waals surface area (Å²) in [4.78, 5) is 13.7. The van der Waals surface area contributed by atoms with E-state index in [9.17, 15) is 4.79 Å². The Morgan fingerprint density at radius 2 is 2.20 bits per heavy atom. The van der Waals surface area contributed by atoms with E-state index in [1.807, 2.05) is 0 Å². The molecule has 7 nitrogen and oxygen atoms in total. The second kappa shape index (κ2) is 5.43. The van der Waals surface area contributed by atoms with Crippen molar-refractivity contribution < 1.29 is 10.0 Å². The number of amidine groups is 1. The summed E-state index contributed by atoms with van der Waals surface area (Å²) in [6.07, 6.45) is 1.70. The van der Waals surface area contributed by atoms with Crippen LogP contribution in [0.1, 0.15) is 16.1 Å². The fourth-order valence-electron chi connectivity index (χ4n) is 1.75. The van der Waals surface area contributed by atoms with E-state index in [2.05, 4.69) is 10.3 Å². The van der Waals surface area contributed by atoms with Gasteiger partial charge in [0.15, 0.2) is 11.5 Å². The van der Waals surface area contributed by atoms with Crippen LogP contribution in [-0.2, 0) is 7.05 Å². The average Bonchev–Trinajstić information content (AvgIpc) is 2.91. The molecule has 0 saturated carbocycles. The smallest absolute Gasteiger partial charge is 0.278 e. The number of aryl methyl sites for hydroxylation is 1. The summed E-state index contributed by atoms with van der Waals surface area (Å²) in [5.41, 5.74) is 7.05. The molecule has 0 spiro atoms. The van der Waals surface area contributed by atoms with Crippen LogP contribution in [0.15, 0.2) is 41.7 Å². The number of hydrogen-bond donors (Lipinski definition) is 2. The van der Waals surface area contributed by atoms with Gasteiger partial charge in [-0.1, -0.05) is 17.3 Å². The molecule has 2 rings (SSSR count). The van der Waals surface area contributed by atoms with Gasteiger partial charge in [0, 0.05) is 31.5 Å². The highest BCUT2D eigenvalue weighted by atomic mass is 16.4. The second-order valence-corrected chi connectivity index (χ2v) is 4.27. The van der Waals surface area contributed by atoms with Crippen molar-refractivity contribution in [1.29, 1.82) is 0 Å². The maximum atomic E-state index is 12.2. The Kier molecular flexibility index (Phi) is 3.69. The molecule has 0 unspecified atom stereocenters. The molecule has 3 N–H and O–H groups in total. The topological polar surface area (TPSA) is 96.7 Å². The molecule has 1 aromatic heterocycles.